The second kappa shape index (κ2) is 19.7. The zero-order valence-electron chi connectivity index (χ0n) is 27.0. The summed E-state index contributed by atoms with van der Waals surface area (Å²) in [6.07, 6.45) is 0. The Labute approximate surface area is 366 Å². The van der Waals surface area contributed by atoms with E-state index in [0.717, 1.165) is 23.9 Å². The summed E-state index contributed by atoms with van der Waals surface area (Å²) in [5, 5.41) is 35.1. The Bertz CT molecular complexity index is 2260. The Kier molecular flexibility index (Phi) is 17.6. The average Bonchev–Trinajstić information content (AvgIpc) is 3.03. The molecule has 1 aromatic heterocycles. The molecule has 0 atom stereocenters. The number of nitrogens with one attached hydrogen (secondary N) is 1. The van der Waals surface area contributed by atoms with Crippen molar-refractivity contribution in [3.05, 3.63) is 78.1 Å². The largest absolute Gasteiger partial charge is 1.00 e. The third kappa shape index (κ3) is 11.3. The Balaban J connectivity index is 0.00000300. The molecule has 24 heteroatoms. The summed E-state index contributed by atoms with van der Waals surface area (Å²) in [5.41, 5.74) is -0.690. The Morgan fingerprint density at radius 3 is 2.18 bits per heavy atom. The number of hydrogen-bond acceptors (Lipinski definition) is 18. The van der Waals surface area contributed by atoms with Crippen molar-refractivity contribution in [1.29, 1.82) is 0 Å². The van der Waals surface area contributed by atoms with Crippen LogP contribution in [0.1, 0.15) is 6.92 Å². The van der Waals surface area contributed by atoms with Gasteiger partial charge in [0.2, 0.25) is 17.2 Å². The zero-order valence-corrected chi connectivity index (χ0v) is 36.2. The molecule has 1 heterocycles. The number of phenols is 1. The van der Waals surface area contributed by atoms with Gasteiger partial charge in [0.25, 0.3) is 0 Å². The molecule has 51 heavy (non-hydrogen) atoms. The van der Waals surface area contributed by atoms with Crippen LogP contribution >= 0.6 is 23.6 Å². The molecule has 0 aliphatic heterocycles. The van der Waals surface area contributed by atoms with Crippen LogP contribution in [-0.2, 0) is 29.6 Å². The van der Waals surface area contributed by atoms with Crippen LogP contribution in [0.2, 0.25) is 5.28 Å². The van der Waals surface area contributed by atoms with Crippen molar-refractivity contribution in [1.82, 2.24) is 15.0 Å². The number of benzene rings is 4. The van der Waals surface area contributed by atoms with Crippen LogP contribution < -0.4 is 104 Å². The first-order valence-corrected chi connectivity index (χ1v) is 17.1. The smallest absolute Gasteiger partial charge is 0.744 e. The number of aromatic nitrogens is 3. The van der Waals surface area contributed by atoms with Crippen LogP contribution in [-0.4, -0.2) is 52.5 Å². The van der Waals surface area contributed by atoms with Gasteiger partial charge in [-0.05, 0) is 66.4 Å². The second-order valence-corrected chi connectivity index (χ2v) is 13.2. The van der Waals surface area contributed by atoms with Crippen LogP contribution in [0.15, 0.2) is 97.7 Å². The minimum atomic E-state index is -5.37. The molecule has 5 aromatic rings. The molecule has 0 saturated heterocycles. The maximum absolute atomic E-state index is 12.3. The number of fused-ring (bicyclic) bond motifs is 1. The van der Waals surface area contributed by atoms with Crippen LogP contribution in [0.5, 0.6) is 5.75 Å². The Morgan fingerprint density at radius 2 is 1.55 bits per heavy atom. The van der Waals surface area contributed by atoms with E-state index in [2.05, 4.69) is 39.9 Å². The average molecular weight is 802 g/mol. The van der Waals surface area contributed by atoms with Crippen LogP contribution in [0, 0.1) is 0 Å². The molecule has 250 valence electrons. The van der Waals surface area contributed by atoms with Gasteiger partial charge in [-0.3, -0.25) is 5.04 Å². The van der Waals surface area contributed by atoms with Crippen molar-refractivity contribution in [2.45, 2.75) is 21.6 Å². The van der Waals surface area contributed by atoms with Crippen molar-refractivity contribution in [2.75, 3.05) is 16.8 Å². The normalized spacial score (nSPS) is 11.4. The third-order valence-corrected chi connectivity index (χ3v) is 8.87. The van der Waals surface area contributed by atoms with E-state index in [1.54, 1.807) is 4.90 Å². The number of anilines is 4. The van der Waals surface area contributed by atoms with E-state index in [1.165, 1.54) is 24.3 Å². The van der Waals surface area contributed by atoms with E-state index in [1.807, 2.05) is 37.3 Å². The van der Waals surface area contributed by atoms with E-state index >= 15 is 0 Å². The fourth-order valence-corrected chi connectivity index (χ4v) is 6.34. The van der Waals surface area contributed by atoms with Gasteiger partial charge in [0.15, 0.2) is 5.75 Å². The molecule has 0 bridgehead atoms. The molecule has 17 nitrogen and oxygen atoms in total. The molecule has 0 aliphatic rings. The summed E-state index contributed by atoms with van der Waals surface area (Å²) >= 11 is 6.65. The fourth-order valence-electron chi connectivity index (χ4n) is 4.49. The van der Waals surface area contributed by atoms with Crippen LogP contribution in [0.3, 0.4) is 0 Å². The molecule has 0 saturated carbocycles. The maximum Gasteiger partial charge on any atom is 1.00 e. The Morgan fingerprint density at radius 1 is 0.902 bits per heavy atom. The molecule has 4 aromatic carbocycles. The second-order valence-electron chi connectivity index (χ2n) is 9.37. The van der Waals surface area contributed by atoms with Gasteiger partial charge in [-0.25, -0.2) is 16.8 Å². The molecule has 0 aliphatic carbocycles. The first-order chi connectivity index (χ1) is 22.8. The van der Waals surface area contributed by atoms with Gasteiger partial charge in [0, 0.05) is 22.5 Å². The number of para-hydroxylation sites is 1. The summed E-state index contributed by atoms with van der Waals surface area (Å²) in [4.78, 5) is 12.7. The van der Waals surface area contributed by atoms with E-state index < -0.39 is 47.2 Å². The van der Waals surface area contributed by atoms with E-state index in [0.29, 0.717) is 18.6 Å². The first-order valence-electron chi connectivity index (χ1n) is 13.2. The van der Waals surface area contributed by atoms with E-state index in [-0.39, 0.29) is 127 Å². The fraction of sp³-hybridized carbons (Fsp3) is 0.0741. The van der Waals surface area contributed by atoms with Gasteiger partial charge in [0.05, 0.1) is 27.5 Å². The van der Waals surface area contributed by atoms with Crippen molar-refractivity contribution < 1.29 is 134 Å². The number of aromatic hydroxyl groups is 1. The molecule has 2 N–H and O–H groups in total. The van der Waals surface area contributed by atoms with Gasteiger partial charge in [0.1, 0.15) is 31.6 Å². The molecule has 0 fully saturated rings. The summed E-state index contributed by atoms with van der Waals surface area (Å²) in [7, 11) is -10.4. The van der Waals surface area contributed by atoms with Gasteiger partial charge >= 0.3 is 88.7 Å². The zero-order chi connectivity index (χ0) is 34.6. The number of hydrogen-bond donors (Lipinski definition) is 2. The van der Waals surface area contributed by atoms with Crippen LogP contribution in [0.4, 0.5) is 34.6 Å². The number of halogens is 1. The monoisotopic (exact) mass is 801 g/mol. The first kappa shape index (κ1) is 45.6. The molecular weight excluding hydrogens is 783 g/mol. The molecule has 0 unspecified atom stereocenters. The topological polar surface area (TPSA) is 255 Å². The van der Waals surface area contributed by atoms with Crippen molar-refractivity contribution >= 4 is 89.3 Å². The summed E-state index contributed by atoms with van der Waals surface area (Å²) in [6, 6.07) is 17.2. The molecular formula is C27H19ClN7Na3O10S3. The number of nitrogens with zero attached hydrogens (tertiary/aromatic N) is 6. The van der Waals surface area contributed by atoms with E-state index in [4.69, 9.17) is 11.6 Å². The molecule has 0 amide bonds. The van der Waals surface area contributed by atoms with Crippen molar-refractivity contribution in [3.63, 3.8) is 0 Å². The maximum atomic E-state index is 12.3. The molecule has 5 rings (SSSR count). The minimum Gasteiger partial charge on any atom is -0.744 e. The molecule has 0 spiro atoms. The third-order valence-electron chi connectivity index (χ3n) is 6.41. The van der Waals surface area contributed by atoms with Crippen molar-refractivity contribution in [2.24, 2.45) is 10.2 Å². The number of phenolic OH excluding ortho intramolecular Hbond substituents is 1. The predicted molar refractivity (Wildman–Crippen MR) is 167 cm³/mol. The van der Waals surface area contributed by atoms with Gasteiger partial charge in [-0.2, -0.15) is 19.3 Å². The summed E-state index contributed by atoms with van der Waals surface area (Å²) < 4.78 is 76.6. The van der Waals surface area contributed by atoms with E-state index in [9.17, 15) is 36.3 Å². The standard InChI is InChI=1S/C27H22ClN7O10S3.3Na/c1-2-35(16-8-4-3-5-9-16)27-31-25(28)30-26(32-27)29-19-14-17(46-45-44-37)12-15-13-21(48(41,42)43)23(24(36)22(15)19)34-33-18-10-6-7-11-20(18)47(38,39)40;;;/h3-14,36-37H,2H2,1H3,(H,38,39,40)(H,41,42,43)(H,29,30,31,32);;;/q;3*+1/p-3. The summed E-state index contributed by atoms with van der Waals surface area (Å²) in [5.74, 6) is -0.927. The Hall–Kier alpha value is -1.51. The summed E-state index contributed by atoms with van der Waals surface area (Å²) in [6.45, 7) is 2.27. The van der Waals surface area contributed by atoms with Gasteiger partial charge < -0.3 is 29.7 Å². The quantitative estimate of drug-likeness (QED) is 0.0303. The molecule has 0 radical (unpaired) electrons. The minimum absolute atomic E-state index is 0. The number of azo groups is 1. The number of rotatable bonds is 12. The van der Waals surface area contributed by atoms with Gasteiger partial charge in [-0.1, -0.05) is 30.3 Å². The van der Waals surface area contributed by atoms with Crippen molar-refractivity contribution in [3.8, 4) is 5.75 Å². The SMILES string of the molecule is CCN(c1ccccc1)c1nc(Cl)nc(Nc2cc(SOO[O-])cc3cc(S(=O)(=O)[O-])c(N=Nc4ccccc4S(=O)(=O)[O-])c(O)c23)n1.[Na+].[Na+].[Na+]. The predicted octanol–water partition coefficient (Wildman–Crippen LogP) is -4.25. The van der Waals surface area contributed by atoms with Crippen LogP contribution in [0.25, 0.3) is 10.8 Å². The van der Waals surface area contributed by atoms with Gasteiger partial charge in [-0.15, -0.1) is 10.2 Å².